The molecule has 2 aromatic rings. The molecular weight excluding hydrogens is 290 g/mol. The van der Waals surface area contributed by atoms with Crippen LogP contribution in [0.25, 0.3) is 0 Å². The lowest BCUT2D eigenvalue weighted by atomic mass is 10.3. The van der Waals surface area contributed by atoms with Gasteiger partial charge in [-0.25, -0.2) is 13.1 Å². The Kier molecular flexibility index (Phi) is 4.44. The maximum Gasteiger partial charge on any atom is 0.244 e. The van der Waals surface area contributed by atoms with Crippen LogP contribution >= 0.6 is 0 Å². The number of rotatable bonds is 5. The van der Waals surface area contributed by atoms with Gasteiger partial charge >= 0.3 is 0 Å². The Morgan fingerprint density at radius 1 is 1.29 bits per heavy atom. The van der Waals surface area contributed by atoms with Crippen molar-refractivity contribution in [1.29, 1.82) is 0 Å². The van der Waals surface area contributed by atoms with Gasteiger partial charge in [0.05, 0.1) is 19.3 Å². The number of nitrogens with one attached hydrogen (secondary N) is 1. The fourth-order valence-electron chi connectivity index (χ4n) is 1.85. The van der Waals surface area contributed by atoms with Gasteiger partial charge in [0.15, 0.2) is 0 Å². The van der Waals surface area contributed by atoms with Gasteiger partial charge in [0, 0.05) is 17.4 Å². The second kappa shape index (κ2) is 6.11. The van der Waals surface area contributed by atoms with Crippen LogP contribution in [0.2, 0.25) is 0 Å². The number of nitrogens with zero attached hydrogens (tertiary/aromatic N) is 1. The third kappa shape index (κ3) is 3.71. The first-order valence-corrected chi connectivity index (χ1v) is 7.76. The molecule has 0 saturated heterocycles. The molecule has 1 aromatic heterocycles. The van der Waals surface area contributed by atoms with Crippen LogP contribution < -0.4 is 15.2 Å². The standard InChI is InChI=1S/C14H17N3O3S/c1-10-4-3-5-12(17-10)9-16-21(18,19)14-7-6-11(15)8-13(14)20-2/h3-8,16H,9,15H2,1-2H3. The topological polar surface area (TPSA) is 94.3 Å². The van der Waals surface area contributed by atoms with E-state index in [-0.39, 0.29) is 17.2 Å². The lowest BCUT2D eigenvalue weighted by Crippen LogP contribution is -2.24. The van der Waals surface area contributed by atoms with Gasteiger partial charge in [-0.15, -0.1) is 0 Å². The van der Waals surface area contributed by atoms with E-state index in [0.717, 1.165) is 5.69 Å². The molecule has 0 fully saturated rings. The van der Waals surface area contributed by atoms with Crippen molar-refractivity contribution in [1.82, 2.24) is 9.71 Å². The van der Waals surface area contributed by atoms with E-state index in [1.165, 1.54) is 25.3 Å². The van der Waals surface area contributed by atoms with Crippen LogP contribution in [-0.2, 0) is 16.6 Å². The van der Waals surface area contributed by atoms with Crippen LogP contribution in [0.5, 0.6) is 5.75 Å². The van der Waals surface area contributed by atoms with E-state index in [0.29, 0.717) is 11.4 Å². The van der Waals surface area contributed by atoms with Crippen molar-refractivity contribution in [3.8, 4) is 5.75 Å². The molecule has 0 unspecified atom stereocenters. The Morgan fingerprint density at radius 3 is 2.71 bits per heavy atom. The van der Waals surface area contributed by atoms with Crippen LogP contribution in [0.3, 0.4) is 0 Å². The Balaban J connectivity index is 2.23. The van der Waals surface area contributed by atoms with Crippen LogP contribution in [0.15, 0.2) is 41.3 Å². The summed E-state index contributed by atoms with van der Waals surface area (Å²) in [4.78, 5) is 4.30. The lowest BCUT2D eigenvalue weighted by Gasteiger charge is -2.11. The molecule has 0 aliphatic heterocycles. The fraction of sp³-hybridized carbons (Fsp3) is 0.214. The minimum absolute atomic E-state index is 0.0480. The molecule has 21 heavy (non-hydrogen) atoms. The zero-order valence-corrected chi connectivity index (χ0v) is 12.6. The molecule has 1 aromatic carbocycles. The first-order chi connectivity index (χ1) is 9.92. The molecule has 112 valence electrons. The SMILES string of the molecule is COc1cc(N)ccc1S(=O)(=O)NCc1cccc(C)n1. The highest BCUT2D eigenvalue weighted by Gasteiger charge is 2.19. The van der Waals surface area contributed by atoms with Gasteiger partial charge in [0.2, 0.25) is 10.0 Å². The second-order valence-electron chi connectivity index (χ2n) is 4.51. The summed E-state index contributed by atoms with van der Waals surface area (Å²) in [5.41, 5.74) is 7.54. The van der Waals surface area contributed by atoms with Crippen molar-refractivity contribution in [3.05, 3.63) is 47.8 Å². The number of methoxy groups -OCH3 is 1. The highest BCUT2D eigenvalue weighted by Crippen LogP contribution is 2.25. The molecule has 0 saturated carbocycles. The summed E-state index contributed by atoms with van der Waals surface area (Å²) < 4.78 is 32.2. The third-order valence-corrected chi connectivity index (χ3v) is 4.31. The molecular formula is C14H17N3O3S. The van der Waals surface area contributed by atoms with Crippen molar-refractivity contribution in [3.63, 3.8) is 0 Å². The van der Waals surface area contributed by atoms with Crippen molar-refractivity contribution >= 4 is 15.7 Å². The van der Waals surface area contributed by atoms with Crippen LogP contribution in [0.1, 0.15) is 11.4 Å². The Labute approximate surface area is 124 Å². The van der Waals surface area contributed by atoms with Gasteiger partial charge in [0.1, 0.15) is 10.6 Å². The number of nitrogens with two attached hydrogens (primary N) is 1. The summed E-state index contributed by atoms with van der Waals surface area (Å²) in [6, 6.07) is 9.84. The molecule has 0 spiro atoms. The van der Waals surface area contributed by atoms with Crippen molar-refractivity contribution < 1.29 is 13.2 Å². The number of hydrogen-bond donors (Lipinski definition) is 2. The van der Waals surface area contributed by atoms with E-state index >= 15 is 0 Å². The van der Waals surface area contributed by atoms with E-state index in [9.17, 15) is 8.42 Å². The number of hydrogen-bond acceptors (Lipinski definition) is 5. The molecule has 0 atom stereocenters. The van der Waals surface area contributed by atoms with Gasteiger partial charge in [0.25, 0.3) is 0 Å². The lowest BCUT2D eigenvalue weighted by molar-refractivity contribution is 0.402. The van der Waals surface area contributed by atoms with Crippen molar-refractivity contribution in [2.75, 3.05) is 12.8 Å². The number of benzene rings is 1. The molecule has 2 rings (SSSR count). The normalized spacial score (nSPS) is 11.3. The molecule has 0 aliphatic carbocycles. The summed E-state index contributed by atoms with van der Waals surface area (Å²) in [5.74, 6) is 0.208. The fourth-order valence-corrected chi connectivity index (χ4v) is 3.00. The monoisotopic (exact) mass is 307 g/mol. The molecule has 0 radical (unpaired) electrons. The third-order valence-electron chi connectivity index (χ3n) is 2.87. The predicted molar refractivity (Wildman–Crippen MR) is 80.4 cm³/mol. The van der Waals surface area contributed by atoms with E-state index < -0.39 is 10.0 Å². The van der Waals surface area contributed by atoms with Gasteiger partial charge in [-0.1, -0.05) is 6.07 Å². The minimum Gasteiger partial charge on any atom is -0.495 e. The molecule has 1 heterocycles. The molecule has 0 bridgehead atoms. The quantitative estimate of drug-likeness (QED) is 0.816. The number of aryl methyl sites for hydroxylation is 1. The van der Waals surface area contributed by atoms with E-state index in [2.05, 4.69) is 9.71 Å². The maximum absolute atomic E-state index is 12.3. The molecule has 7 heteroatoms. The first kappa shape index (κ1) is 15.3. The van der Waals surface area contributed by atoms with Gasteiger partial charge < -0.3 is 10.5 Å². The average Bonchev–Trinajstić information content (AvgIpc) is 2.45. The van der Waals surface area contributed by atoms with E-state index in [4.69, 9.17) is 10.5 Å². The Bertz CT molecular complexity index is 745. The molecule has 0 aliphatic rings. The summed E-state index contributed by atoms with van der Waals surface area (Å²) in [6.07, 6.45) is 0. The summed E-state index contributed by atoms with van der Waals surface area (Å²) in [6.45, 7) is 1.96. The number of nitrogen functional groups attached to an aromatic ring is 1. The smallest absolute Gasteiger partial charge is 0.244 e. The number of anilines is 1. The Hall–Kier alpha value is -2.12. The average molecular weight is 307 g/mol. The highest BCUT2D eigenvalue weighted by molar-refractivity contribution is 7.89. The maximum atomic E-state index is 12.3. The number of pyridine rings is 1. The van der Waals surface area contributed by atoms with E-state index in [1.807, 2.05) is 19.1 Å². The summed E-state index contributed by atoms with van der Waals surface area (Å²) in [7, 11) is -2.30. The molecule has 3 N–H and O–H groups in total. The van der Waals surface area contributed by atoms with Crippen LogP contribution in [0.4, 0.5) is 5.69 Å². The zero-order chi connectivity index (χ0) is 15.5. The summed E-state index contributed by atoms with van der Waals surface area (Å²) >= 11 is 0. The minimum atomic E-state index is -3.70. The number of aromatic nitrogens is 1. The van der Waals surface area contributed by atoms with Gasteiger partial charge in [-0.05, 0) is 31.2 Å². The second-order valence-corrected chi connectivity index (χ2v) is 6.24. The van der Waals surface area contributed by atoms with Gasteiger partial charge in [-0.2, -0.15) is 0 Å². The van der Waals surface area contributed by atoms with Crippen molar-refractivity contribution in [2.45, 2.75) is 18.4 Å². The van der Waals surface area contributed by atoms with Crippen LogP contribution in [0, 0.1) is 6.92 Å². The zero-order valence-electron chi connectivity index (χ0n) is 11.8. The molecule has 0 amide bonds. The highest BCUT2D eigenvalue weighted by atomic mass is 32.2. The van der Waals surface area contributed by atoms with Gasteiger partial charge in [-0.3, -0.25) is 4.98 Å². The first-order valence-electron chi connectivity index (χ1n) is 6.28. The largest absolute Gasteiger partial charge is 0.495 e. The van der Waals surface area contributed by atoms with Crippen molar-refractivity contribution in [2.24, 2.45) is 0 Å². The summed E-state index contributed by atoms with van der Waals surface area (Å²) in [5, 5.41) is 0. The molecule has 6 nitrogen and oxygen atoms in total. The van der Waals surface area contributed by atoms with E-state index in [1.54, 1.807) is 6.07 Å². The predicted octanol–water partition coefficient (Wildman–Crippen LogP) is 1.46. The number of ether oxygens (including phenoxy) is 1. The van der Waals surface area contributed by atoms with Crippen LogP contribution in [-0.4, -0.2) is 20.5 Å². The number of sulfonamides is 1. The Morgan fingerprint density at radius 2 is 2.05 bits per heavy atom.